The topological polar surface area (TPSA) is 24.1 Å². The quantitative estimate of drug-likeness (QED) is 0.830. The third kappa shape index (κ3) is 4.51. The second-order valence-electron chi connectivity index (χ2n) is 7.56. The maximum Gasteiger partial charge on any atom is 0.137 e. The van der Waals surface area contributed by atoms with Crippen molar-refractivity contribution >= 4 is 15.9 Å². The number of nitrogens with one attached hydrogen (secondary N) is 2. The average Bonchev–Trinajstić information content (AvgIpc) is 2.28. The fourth-order valence-corrected chi connectivity index (χ4v) is 4.07. The van der Waals surface area contributed by atoms with Crippen LogP contribution in [0.3, 0.4) is 0 Å². The van der Waals surface area contributed by atoms with Crippen molar-refractivity contribution in [2.75, 3.05) is 0 Å². The lowest BCUT2D eigenvalue weighted by molar-refractivity contribution is 0.141. The van der Waals surface area contributed by atoms with Crippen LogP contribution in [0, 0.1) is 5.82 Å². The number of benzene rings is 1. The lowest BCUT2D eigenvalue weighted by atomic mass is 9.79. The number of piperidine rings is 1. The Morgan fingerprint density at radius 1 is 1.24 bits per heavy atom. The van der Waals surface area contributed by atoms with Gasteiger partial charge in [0.1, 0.15) is 5.82 Å². The first kappa shape index (κ1) is 16.9. The molecule has 0 aliphatic carbocycles. The molecular formula is C17H26BrFN2. The van der Waals surface area contributed by atoms with Crippen LogP contribution in [0.2, 0.25) is 0 Å². The van der Waals surface area contributed by atoms with Crippen molar-refractivity contribution in [3.63, 3.8) is 0 Å². The summed E-state index contributed by atoms with van der Waals surface area (Å²) in [6.45, 7) is 11.1. The summed E-state index contributed by atoms with van der Waals surface area (Å²) < 4.78 is 13.9. The van der Waals surface area contributed by atoms with Crippen molar-refractivity contribution in [3.8, 4) is 0 Å². The zero-order valence-corrected chi connectivity index (χ0v) is 15.1. The number of hydrogen-bond donors (Lipinski definition) is 2. The van der Waals surface area contributed by atoms with E-state index >= 15 is 0 Å². The molecule has 1 aliphatic rings. The minimum atomic E-state index is -0.213. The molecule has 1 aliphatic heterocycles. The van der Waals surface area contributed by atoms with Gasteiger partial charge in [-0.05, 0) is 81.1 Å². The van der Waals surface area contributed by atoms with Crippen LogP contribution in [0.15, 0.2) is 22.7 Å². The minimum Gasteiger partial charge on any atom is -0.307 e. The molecule has 1 aromatic rings. The first-order chi connectivity index (χ1) is 9.58. The fourth-order valence-electron chi connectivity index (χ4n) is 3.67. The van der Waals surface area contributed by atoms with E-state index in [1.807, 2.05) is 12.1 Å². The van der Waals surface area contributed by atoms with E-state index in [4.69, 9.17) is 0 Å². The zero-order valence-electron chi connectivity index (χ0n) is 13.6. The monoisotopic (exact) mass is 356 g/mol. The second-order valence-corrected chi connectivity index (χ2v) is 8.41. The molecule has 0 radical (unpaired) electrons. The van der Waals surface area contributed by atoms with Gasteiger partial charge in [0.25, 0.3) is 0 Å². The van der Waals surface area contributed by atoms with Crippen molar-refractivity contribution in [1.82, 2.24) is 10.6 Å². The first-order valence-electron chi connectivity index (χ1n) is 7.58. The minimum absolute atomic E-state index is 0.127. The Morgan fingerprint density at radius 3 is 2.33 bits per heavy atom. The van der Waals surface area contributed by atoms with Gasteiger partial charge in [0, 0.05) is 23.2 Å². The van der Waals surface area contributed by atoms with Gasteiger partial charge >= 0.3 is 0 Å². The van der Waals surface area contributed by atoms with Crippen molar-refractivity contribution in [1.29, 1.82) is 0 Å². The Kier molecular flexibility index (Phi) is 4.81. The van der Waals surface area contributed by atoms with Crippen molar-refractivity contribution in [3.05, 3.63) is 34.1 Å². The number of halogens is 2. The molecule has 0 spiro atoms. The average molecular weight is 357 g/mol. The smallest absolute Gasteiger partial charge is 0.137 e. The maximum atomic E-state index is 13.3. The highest BCUT2D eigenvalue weighted by Crippen LogP contribution is 2.30. The SMILES string of the molecule is CC(NC1CC(C)(C)NC(C)(C)C1)c1ccc(F)c(Br)c1. The van der Waals surface area contributed by atoms with Gasteiger partial charge in [-0.15, -0.1) is 0 Å². The summed E-state index contributed by atoms with van der Waals surface area (Å²) in [6, 6.07) is 5.90. The molecule has 0 bridgehead atoms. The van der Waals surface area contributed by atoms with Crippen LogP contribution in [0.1, 0.15) is 59.1 Å². The van der Waals surface area contributed by atoms with Crippen LogP contribution in [0.25, 0.3) is 0 Å². The van der Waals surface area contributed by atoms with Gasteiger partial charge in [-0.1, -0.05) is 6.07 Å². The van der Waals surface area contributed by atoms with E-state index in [2.05, 4.69) is 61.2 Å². The van der Waals surface area contributed by atoms with E-state index < -0.39 is 0 Å². The van der Waals surface area contributed by atoms with Gasteiger partial charge in [0.15, 0.2) is 0 Å². The van der Waals surface area contributed by atoms with E-state index in [1.165, 1.54) is 6.07 Å². The van der Waals surface area contributed by atoms with Gasteiger partial charge in [-0.3, -0.25) is 0 Å². The Bertz CT molecular complexity index is 498. The van der Waals surface area contributed by atoms with Crippen molar-refractivity contribution in [2.24, 2.45) is 0 Å². The van der Waals surface area contributed by atoms with Crippen LogP contribution in [-0.2, 0) is 0 Å². The van der Waals surface area contributed by atoms with E-state index in [9.17, 15) is 4.39 Å². The van der Waals surface area contributed by atoms with E-state index in [0.29, 0.717) is 10.5 Å². The van der Waals surface area contributed by atoms with Crippen LogP contribution in [0.4, 0.5) is 4.39 Å². The molecule has 2 nitrogen and oxygen atoms in total. The Morgan fingerprint density at radius 2 is 1.81 bits per heavy atom. The molecule has 1 aromatic carbocycles. The van der Waals surface area contributed by atoms with Gasteiger partial charge < -0.3 is 10.6 Å². The van der Waals surface area contributed by atoms with Crippen LogP contribution in [0.5, 0.6) is 0 Å². The normalized spacial score (nSPS) is 23.0. The predicted octanol–water partition coefficient (Wildman–Crippen LogP) is 4.55. The summed E-state index contributed by atoms with van der Waals surface area (Å²) in [6.07, 6.45) is 2.17. The molecule has 1 heterocycles. The third-order valence-electron chi connectivity index (χ3n) is 4.12. The number of hydrogen-bond acceptors (Lipinski definition) is 2. The molecule has 118 valence electrons. The van der Waals surface area contributed by atoms with Crippen LogP contribution >= 0.6 is 15.9 Å². The highest BCUT2D eigenvalue weighted by atomic mass is 79.9. The summed E-state index contributed by atoms with van der Waals surface area (Å²) in [5, 5.41) is 7.40. The Hall–Kier alpha value is -0.450. The Balaban J connectivity index is 2.08. The van der Waals surface area contributed by atoms with Gasteiger partial charge in [0.2, 0.25) is 0 Å². The zero-order chi connectivity index (χ0) is 15.8. The predicted molar refractivity (Wildman–Crippen MR) is 90.0 cm³/mol. The lowest BCUT2D eigenvalue weighted by Gasteiger charge is -2.47. The summed E-state index contributed by atoms with van der Waals surface area (Å²) in [7, 11) is 0. The molecule has 2 N–H and O–H groups in total. The highest BCUT2D eigenvalue weighted by molar-refractivity contribution is 9.10. The fraction of sp³-hybridized carbons (Fsp3) is 0.647. The molecule has 0 aromatic heterocycles. The summed E-state index contributed by atoms with van der Waals surface area (Å²) in [4.78, 5) is 0. The van der Waals surface area contributed by atoms with Crippen molar-refractivity contribution < 1.29 is 4.39 Å². The van der Waals surface area contributed by atoms with Gasteiger partial charge in [-0.25, -0.2) is 4.39 Å². The third-order valence-corrected chi connectivity index (χ3v) is 4.73. The van der Waals surface area contributed by atoms with E-state index in [1.54, 1.807) is 0 Å². The molecule has 0 saturated carbocycles. The molecule has 21 heavy (non-hydrogen) atoms. The molecule has 1 fully saturated rings. The van der Waals surface area contributed by atoms with Crippen LogP contribution in [-0.4, -0.2) is 17.1 Å². The summed E-state index contributed by atoms with van der Waals surface area (Å²) in [5.41, 5.74) is 1.36. The van der Waals surface area contributed by atoms with E-state index in [-0.39, 0.29) is 22.9 Å². The highest BCUT2D eigenvalue weighted by Gasteiger charge is 2.37. The summed E-state index contributed by atoms with van der Waals surface area (Å²) in [5.74, 6) is -0.213. The van der Waals surface area contributed by atoms with E-state index in [0.717, 1.165) is 18.4 Å². The largest absolute Gasteiger partial charge is 0.307 e. The molecule has 1 unspecified atom stereocenters. The molecule has 2 rings (SSSR count). The molecule has 1 saturated heterocycles. The Labute approximate surface area is 136 Å². The molecule has 4 heteroatoms. The summed E-state index contributed by atoms with van der Waals surface area (Å²) >= 11 is 3.26. The van der Waals surface area contributed by atoms with Crippen molar-refractivity contribution in [2.45, 2.75) is 70.6 Å². The molecule has 1 atom stereocenters. The molecule has 0 amide bonds. The first-order valence-corrected chi connectivity index (χ1v) is 8.38. The van der Waals surface area contributed by atoms with Gasteiger partial charge in [-0.2, -0.15) is 0 Å². The number of rotatable bonds is 3. The lowest BCUT2D eigenvalue weighted by Crippen LogP contribution is -2.61. The second kappa shape index (κ2) is 5.98. The standard InChI is InChI=1S/C17H26BrFN2/c1-11(12-6-7-15(19)14(18)8-12)20-13-9-16(2,3)21-17(4,5)10-13/h6-8,11,13,20-21H,9-10H2,1-5H3. The van der Waals surface area contributed by atoms with Crippen LogP contribution < -0.4 is 10.6 Å². The maximum absolute atomic E-state index is 13.3. The van der Waals surface area contributed by atoms with Gasteiger partial charge in [0.05, 0.1) is 4.47 Å². The molecular weight excluding hydrogens is 331 g/mol.